The number of fused-ring (bicyclic) bond motifs is 1. The summed E-state index contributed by atoms with van der Waals surface area (Å²) in [6.07, 6.45) is 6.19. The van der Waals surface area contributed by atoms with E-state index in [1.54, 1.807) is 0 Å². The van der Waals surface area contributed by atoms with Gasteiger partial charge in [0.05, 0.1) is 5.25 Å². The lowest BCUT2D eigenvalue weighted by molar-refractivity contribution is -0.115. The lowest BCUT2D eigenvalue weighted by Gasteiger charge is -2.11. The predicted molar refractivity (Wildman–Crippen MR) is 110 cm³/mol. The molecule has 2 aromatic carbocycles. The fraction of sp³-hybridized carbons (Fsp3) is 0.381. The van der Waals surface area contributed by atoms with E-state index < -0.39 is 0 Å². The number of hydrogen-bond donors (Lipinski definition) is 2. The van der Waals surface area contributed by atoms with Crippen molar-refractivity contribution >= 4 is 34.1 Å². The number of anilines is 1. The van der Waals surface area contributed by atoms with Crippen LogP contribution in [0.2, 0.25) is 0 Å². The van der Waals surface area contributed by atoms with Crippen molar-refractivity contribution in [2.24, 2.45) is 5.92 Å². The summed E-state index contributed by atoms with van der Waals surface area (Å²) in [5.74, 6) is 1.62. The third-order valence-corrected chi connectivity index (χ3v) is 6.10. The zero-order valence-corrected chi connectivity index (χ0v) is 16.3. The maximum Gasteiger partial charge on any atom is 0.237 e. The number of nitrogens with zero attached hydrogens (tertiary/aromatic N) is 2. The molecule has 1 aliphatic rings. The maximum absolute atomic E-state index is 12.5. The van der Waals surface area contributed by atoms with Crippen molar-refractivity contribution in [3.63, 3.8) is 0 Å². The molecule has 1 aromatic heterocycles. The number of thioether (sulfide) groups is 1. The maximum atomic E-state index is 12.5. The van der Waals surface area contributed by atoms with Crippen LogP contribution < -0.4 is 5.32 Å². The predicted octanol–water partition coefficient (Wildman–Crippen LogP) is 4.81. The van der Waals surface area contributed by atoms with Crippen LogP contribution in [0, 0.1) is 5.92 Å². The van der Waals surface area contributed by atoms with Crippen LogP contribution in [-0.4, -0.2) is 26.3 Å². The second-order valence-electron chi connectivity index (χ2n) is 7.23. The van der Waals surface area contributed by atoms with Crippen molar-refractivity contribution < 1.29 is 4.79 Å². The summed E-state index contributed by atoms with van der Waals surface area (Å²) in [6, 6.07) is 14.1. The Morgan fingerprint density at radius 1 is 1.22 bits per heavy atom. The molecule has 140 valence electrons. The second-order valence-corrected chi connectivity index (χ2v) is 8.54. The lowest BCUT2D eigenvalue weighted by atomic mass is 10.0. The summed E-state index contributed by atoms with van der Waals surface area (Å²) in [6.45, 7) is 1.88. The number of aromatic nitrogens is 3. The minimum Gasteiger partial charge on any atom is -0.325 e. The monoisotopic (exact) mass is 380 g/mol. The van der Waals surface area contributed by atoms with Gasteiger partial charge < -0.3 is 5.32 Å². The fourth-order valence-electron chi connectivity index (χ4n) is 3.63. The van der Waals surface area contributed by atoms with Crippen LogP contribution in [0.15, 0.2) is 47.6 Å². The Labute approximate surface area is 163 Å². The van der Waals surface area contributed by atoms with Crippen molar-refractivity contribution in [2.45, 2.75) is 49.4 Å². The summed E-state index contributed by atoms with van der Waals surface area (Å²) in [5.41, 5.74) is 0.808. The lowest BCUT2D eigenvalue weighted by Crippen LogP contribution is -2.22. The summed E-state index contributed by atoms with van der Waals surface area (Å²) in [7, 11) is 0. The standard InChI is InChI=1S/C21H24N4OS/c1-14(27-21-23-19(24-25-21)12-15-6-2-3-7-15)20(26)22-18-11-10-16-8-4-5-9-17(16)13-18/h4-5,8-11,13-15H,2-3,6-7,12H2,1H3,(H,22,26)(H,23,24,25). The number of nitrogens with one attached hydrogen (secondary N) is 2. The average molecular weight is 381 g/mol. The molecule has 1 unspecified atom stereocenters. The quantitative estimate of drug-likeness (QED) is 0.602. The van der Waals surface area contributed by atoms with Crippen molar-refractivity contribution in [1.82, 2.24) is 15.2 Å². The first-order chi connectivity index (χ1) is 13.2. The van der Waals surface area contributed by atoms with E-state index >= 15 is 0 Å². The molecule has 5 nitrogen and oxygen atoms in total. The molecule has 3 aromatic rings. The molecule has 27 heavy (non-hydrogen) atoms. The Kier molecular flexibility index (Phi) is 5.43. The van der Waals surface area contributed by atoms with Gasteiger partial charge in [0, 0.05) is 12.1 Å². The first-order valence-corrected chi connectivity index (χ1v) is 10.4. The van der Waals surface area contributed by atoms with Crippen LogP contribution in [0.4, 0.5) is 5.69 Å². The molecule has 0 bridgehead atoms. The van der Waals surface area contributed by atoms with Crippen molar-refractivity contribution in [3.05, 3.63) is 48.3 Å². The summed E-state index contributed by atoms with van der Waals surface area (Å²) in [4.78, 5) is 17.1. The summed E-state index contributed by atoms with van der Waals surface area (Å²) >= 11 is 1.39. The third-order valence-electron chi connectivity index (χ3n) is 5.14. The van der Waals surface area contributed by atoms with Crippen LogP contribution in [0.3, 0.4) is 0 Å². The van der Waals surface area contributed by atoms with E-state index in [0.29, 0.717) is 5.16 Å². The Morgan fingerprint density at radius 2 is 2.00 bits per heavy atom. The number of H-pyrrole nitrogens is 1. The van der Waals surface area contributed by atoms with Crippen LogP contribution >= 0.6 is 11.8 Å². The molecule has 0 spiro atoms. The number of aromatic amines is 1. The van der Waals surface area contributed by atoms with E-state index in [1.165, 1.54) is 37.4 Å². The molecule has 6 heteroatoms. The highest BCUT2D eigenvalue weighted by atomic mass is 32.2. The van der Waals surface area contributed by atoms with Gasteiger partial charge in [-0.1, -0.05) is 67.8 Å². The highest BCUT2D eigenvalue weighted by Gasteiger charge is 2.20. The molecule has 0 saturated heterocycles. The van der Waals surface area contributed by atoms with Crippen molar-refractivity contribution in [2.75, 3.05) is 5.32 Å². The molecule has 1 aliphatic carbocycles. The van der Waals surface area contributed by atoms with Gasteiger partial charge in [0.15, 0.2) is 0 Å². The molecule has 1 heterocycles. The molecule has 4 rings (SSSR count). The van der Waals surface area contributed by atoms with Crippen LogP contribution in [0.5, 0.6) is 0 Å². The van der Waals surface area contributed by atoms with E-state index in [1.807, 2.05) is 43.3 Å². The largest absolute Gasteiger partial charge is 0.325 e. The van der Waals surface area contributed by atoms with Crippen LogP contribution in [-0.2, 0) is 11.2 Å². The zero-order chi connectivity index (χ0) is 18.6. The number of amides is 1. The summed E-state index contributed by atoms with van der Waals surface area (Å²) in [5, 5.41) is 12.9. The number of hydrogen-bond acceptors (Lipinski definition) is 4. The van der Waals surface area contributed by atoms with Gasteiger partial charge in [0.1, 0.15) is 5.82 Å². The molecular weight excluding hydrogens is 356 g/mol. The minimum atomic E-state index is -0.272. The van der Waals surface area contributed by atoms with E-state index in [0.717, 1.165) is 34.6 Å². The molecule has 2 N–H and O–H groups in total. The first kappa shape index (κ1) is 18.0. The van der Waals surface area contributed by atoms with Crippen molar-refractivity contribution in [3.8, 4) is 0 Å². The first-order valence-electron chi connectivity index (χ1n) is 9.55. The van der Waals surface area contributed by atoms with Gasteiger partial charge in [-0.25, -0.2) is 4.98 Å². The molecule has 1 fully saturated rings. The van der Waals surface area contributed by atoms with Gasteiger partial charge in [0.2, 0.25) is 11.1 Å². The number of carbonyl (C=O) groups excluding carboxylic acids is 1. The van der Waals surface area contributed by atoms with Crippen LogP contribution in [0.25, 0.3) is 10.8 Å². The van der Waals surface area contributed by atoms with E-state index in [-0.39, 0.29) is 11.2 Å². The van der Waals surface area contributed by atoms with Gasteiger partial charge in [-0.15, -0.1) is 5.10 Å². The third kappa shape index (κ3) is 4.50. The molecule has 1 atom stereocenters. The van der Waals surface area contributed by atoms with Crippen LogP contribution in [0.1, 0.15) is 38.4 Å². The number of benzene rings is 2. The second kappa shape index (κ2) is 8.13. The smallest absolute Gasteiger partial charge is 0.237 e. The highest BCUT2D eigenvalue weighted by molar-refractivity contribution is 8.00. The number of carbonyl (C=O) groups is 1. The van der Waals surface area contributed by atoms with Gasteiger partial charge >= 0.3 is 0 Å². The Morgan fingerprint density at radius 3 is 2.81 bits per heavy atom. The topological polar surface area (TPSA) is 70.7 Å². The van der Waals surface area contributed by atoms with Gasteiger partial charge in [0.25, 0.3) is 0 Å². The minimum absolute atomic E-state index is 0.0441. The Hall–Kier alpha value is -2.34. The normalized spacial score (nSPS) is 15.9. The summed E-state index contributed by atoms with van der Waals surface area (Å²) < 4.78 is 0. The Bertz CT molecular complexity index is 933. The molecule has 1 amide bonds. The average Bonchev–Trinajstić information content (AvgIpc) is 3.34. The van der Waals surface area contributed by atoms with Gasteiger partial charge in [-0.2, -0.15) is 0 Å². The van der Waals surface area contributed by atoms with E-state index in [2.05, 4.69) is 26.6 Å². The Balaban J connectivity index is 1.35. The van der Waals surface area contributed by atoms with Gasteiger partial charge in [-0.3, -0.25) is 9.89 Å². The molecule has 1 saturated carbocycles. The van der Waals surface area contributed by atoms with Gasteiger partial charge in [-0.05, 0) is 35.7 Å². The highest BCUT2D eigenvalue weighted by Crippen LogP contribution is 2.28. The molecule has 0 aliphatic heterocycles. The van der Waals surface area contributed by atoms with Crippen molar-refractivity contribution in [1.29, 1.82) is 0 Å². The molecular formula is C21H24N4OS. The molecule has 0 radical (unpaired) electrons. The number of rotatable bonds is 6. The van der Waals surface area contributed by atoms with E-state index in [4.69, 9.17) is 0 Å². The zero-order valence-electron chi connectivity index (χ0n) is 15.4. The fourth-order valence-corrected chi connectivity index (χ4v) is 4.38. The van der Waals surface area contributed by atoms with E-state index in [9.17, 15) is 4.79 Å². The SMILES string of the molecule is CC(Sc1n[nH]c(CC2CCCC2)n1)C(=O)Nc1ccc2ccccc2c1.